The Morgan fingerprint density at radius 3 is 2.83 bits per heavy atom. The first-order valence-corrected chi connectivity index (χ1v) is 14.0. The lowest BCUT2D eigenvalue weighted by atomic mass is 9.85. The molecule has 2 aliphatic rings. The third-order valence-electron chi connectivity index (χ3n) is 8.41. The van der Waals surface area contributed by atoms with Crippen LogP contribution in [0.25, 0.3) is 33.7 Å². The quantitative estimate of drug-likeness (QED) is 0.288. The normalized spacial score (nSPS) is 17.8. The van der Waals surface area contributed by atoms with Gasteiger partial charge < -0.3 is 14.8 Å². The molecule has 40 heavy (non-hydrogen) atoms. The maximum atomic E-state index is 13.0. The van der Waals surface area contributed by atoms with E-state index in [-0.39, 0.29) is 29.3 Å². The number of amides is 1. The third kappa shape index (κ3) is 4.09. The maximum Gasteiger partial charge on any atom is 0.315 e. The second-order valence-corrected chi connectivity index (χ2v) is 11.6. The standard InChI is InChI=1S/C30H32N8O2/c1-16(2)38-17(3)22(15-32-38)25-34-24-21(10-13-31-26(24)35-25)19-8-9-20-18(14-19)6-5-7-23(20)33-27(39)28-36-29(37-40-28)30(4)11-12-30/h8-10,13-16,23H,5-7,11-12H2,1-4H3,(H,33,39)(H,31,34,35)/t23-/m1/s1. The van der Waals surface area contributed by atoms with E-state index in [4.69, 9.17) is 9.51 Å². The number of nitrogens with one attached hydrogen (secondary N) is 2. The summed E-state index contributed by atoms with van der Waals surface area (Å²) >= 11 is 0. The number of hydrogen-bond acceptors (Lipinski definition) is 7. The van der Waals surface area contributed by atoms with Crippen LogP contribution in [0, 0.1) is 6.92 Å². The number of nitrogens with zero attached hydrogens (tertiary/aromatic N) is 6. The zero-order valence-corrected chi connectivity index (χ0v) is 23.2. The number of aryl methyl sites for hydroxylation is 1. The van der Waals surface area contributed by atoms with Gasteiger partial charge in [-0.2, -0.15) is 10.1 Å². The molecular formula is C30H32N8O2. The molecule has 7 rings (SSSR count). The van der Waals surface area contributed by atoms with Crippen molar-refractivity contribution in [3.63, 3.8) is 0 Å². The first kappa shape index (κ1) is 24.7. The molecule has 204 valence electrons. The van der Waals surface area contributed by atoms with Crippen LogP contribution in [0.2, 0.25) is 0 Å². The van der Waals surface area contributed by atoms with Gasteiger partial charge in [0.25, 0.3) is 0 Å². The van der Waals surface area contributed by atoms with Gasteiger partial charge in [-0.15, -0.1) is 0 Å². The number of hydrogen-bond donors (Lipinski definition) is 2. The minimum atomic E-state index is -0.318. The van der Waals surface area contributed by atoms with Gasteiger partial charge in [0.15, 0.2) is 11.5 Å². The molecule has 0 bridgehead atoms. The van der Waals surface area contributed by atoms with Crippen LogP contribution in [0.5, 0.6) is 0 Å². The van der Waals surface area contributed by atoms with E-state index in [1.807, 2.05) is 16.9 Å². The number of H-pyrrole nitrogens is 1. The smallest absolute Gasteiger partial charge is 0.315 e. The molecule has 1 amide bonds. The number of aromatic amines is 1. The van der Waals surface area contributed by atoms with E-state index < -0.39 is 0 Å². The Balaban J connectivity index is 1.17. The summed E-state index contributed by atoms with van der Waals surface area (Å²) in [5.74, 6) is 1.11. The lowest BCUT2D eigenvalue weighted by Gasteiger charge is -2.26. The Morgan fingerprint density at radius 2 is 2.05 bits per heavy atom. The van der Waals surface area contributed by atoms with Crippen molar-refractivity contribution in [3.05, 3.63) is 65.2 Å². The molecule has 2 aliphatic carbocycles. The minimum Gasteiger partial charge on any atom is -0.341 e. The summed E-state index contributed by atoms with van der Waals surface area (Å²) in [6.45, 7) is 8.39. The number of aromatic nitrogens is 7. The predicted molar refractivity (Wildman–Crippen MR) is 150 cm³/mol. The number of rotatable bonds is 6. The second kappa shape index (κ2) is 9.11. The van der Waals surface area contributed by atoms with Crippen molar-refractivity contribution in [2.75, 3.05) is 0 Å². The van der Waals surface area contributed by atoms with Crippen molar-refractivity contribution in [1.82, 2.24) is 40.2 Å². The number of fused-ring (bicyclic) bond motifs is 2. The Bertz CT molecular complexity index is 1760. The van der Waals surface area contributed by atoms with Gasteiger partial charge in [-0.1, -0.05) is 30.3 Å². The molecule has 1 atom stereocenters. The van der Waals surface area contributed by atoms with E-state index in [1.165, 1.54) is 5.56 Å². The Labute approximate surface area is 231 Å². The van der Waals surface area contributed by atoms with Gasteiger partial charge in [0.1, 0.15) is 5.82 Å². The summed E-state index contributed by atoms with van der Waals surface area (Å²) in [5, 5.41) is 11.7. The fraction of sp³-hybridized carbons (Fsp3) is 0.400. The van der Waals surface area contributed by atoms with Gasteiger partial charge >= 0.3 is 11.8 Å². The van der Waals surface area contributed by atoms with Crippen LogP contribution in [0.3, 0.4) is 0 Å². The highest BCUT2D eigenvalue weighted by molar-refractivity contribution is 5.92. The lowest BCUT2D eigenvalue weighted by molar-refractivity contribution is 0.0888. The molecule has 4 aromatic heterocycles. The highest BCUT2D eigenvalue weighted by Gasteiger charge is 2.44. The Kier molecular flexibility index (Phi) is 5.62. The Morgan fingerprint density at radius 1 is 1.20 bits per heavy atom. The predicted octanol–water partition coefficient (Wildman–Crippen LogP) is 5.62. The molecule has 0 saturated heterocycles. The van der Waals surface area contributed by atoms with Crippen molar-refractivity contribution in [1.29, 1.82) is 0 Å². The van der Waals surface area contributed by atoms with E-state index in [0.29, 0.717) is 11.5 Å². The molecule has 1 saturated carbocycles. The summed E-state index contributed by atoms with van der Waals surface area (Å²) in [4.78, 5) is 30.2. The first-order chi connectivity index (χ1) is 19.3. The summed E-state index contributed by atoms with van der Waals surface area (Å²) in [5.41, 5.74) is 8.04. The minimum absolute atomic E-state index is 0.0373. The molecule has 4 heterocycles. The fourth-order valence-electron chi connectivity index (χ4n) is 5.78. The molecule has 0 radical (unpaired) electrons. The van der Waals surface area contributed by atoms with Crippen molar-refractivity contribution in [2.24, 2.45) is 0 Å². The van der Waals surface area contributed by atoms with Gasteiger partial charge in [-0.3, -0.25) is 9.48 Å². The van der Waals surface area contributed by atoms with Crippen molar-refractivity contribution >= 4 is 17.1 Å². The Hall–Kier alpha value is -4.34. The molecule has 10 heteroatoms. The number of imidazole rings is 1. The van der Waals surface area contributed by atoms with E-state index in [2.05, 4.69) is 76.4 Å². The van der Waals surface area contributed by atoms with Gasteiger partial charge in [0, 0.05) is 28.9 Å². The fourth-order valence-corrected chi connectivity index (χ4v) is 5.78. The van der Waals surface area contributed by atoms with Crippen LogP contribution in [0.1, 0.15) is 91.9 Å². The first-order valence-electron chi connectivity index (χ1n) is 14.0. The molecule has 1 aromatic carbocycles. The lowest BCUT2D eigenvalue weighted by Crippen LogP contribution is -2.31. The monoisotopic (exact) mass is 536 g/mol. The van der Waals surface area contributed by atoms with Gasteiger partial charge in [0.2, 0.25) is 0 Å². The summed E-state index contributed by atoms with van der Waals surface area (Å²) in [6.07, 6.45) is 8.51. The van der Waals surface area contributed by atoms with E-state index >= 15 is 0 Å². The van der Waals surface area contributed by atoms with Crippen LogP contribution < -0.4 is 5.32 Å². The highest BCUT2D eigenvalue weighted by Crippen LogP contribution is 2.46. The summed E-state index contributed by atoms with van der Waals surface area (Å²) in [6, 6.07) is 8.65. The SMILES string of the molecule is Cc1c(-c2nc3nccc(-c4ccc5c(c4)CCC[C@H]5NC(=O)c4nc(C5(C)CC5)no4)c3[nH]2)cnn1C(C)C. The summed E-state index contributed by atoms with van der Waals surface area (Å²) in [7, 11) is 0. The number of carbonyl (C=O) groups excluding carboxylic acids is 1. The third-order valence-corrected chi connectivity index (χ3v) is 8.41. The van der Waals surface area contributed by atoms with Crippen LogP contribution >= 0.6 is 0 Å². The molecule has 10 nitrogen and oxygen atoms in total. The number of benzene rings is 1. The van der Waals surface area contributed by atoms with Gasteiger partial charge in [0.05, 0.1) is 23.3 Å². The topological polar surface area (TPSA) is 127 Å². The molecule has 0 aliphatic heterocycles. The number of pyridine rings is 1. The zero-order chi connectivity index (χ0) is 27.6. The highest BCUT2D eigenvalue weighted by atomic mass is 16.5. The van der Waals surface area contributed by atoms with Crippen LogP contribution in [0.4, 0.5) is 0 Å². The second-order valence-electron chi connectivity index (χ2n) is 11.6. The van der Waals surface area contributed by atoms with Gasteiger partial charge in [-0.25, -0.2) is 9.97 Å². The zero-order valence-electron chi connectivity index (χ0n) is 23.2. The van der Waals surface area contributed by atoms with Crippen LogP contribution in [-0.4, -0.2) is 40.8 Å². The molecule has 2 N–H and O–H groups in total. The van der Waals surface area contributed by atoms with Crippen molar-refractivity contribution in [2.45, 2.75) is 77.3 Å². The van der Waals surface area contributed by atoms with Crippen molar-refractivity contribution in [3.8, 4) is 22.5 Å². The summed E-state index contributed by atoms with van der Waals surface area (Å²) < 4.78 is 7.30. The van der Waals surface area contributed by atoms with E-state index in [1.54, 1.807) is 6.20 Å². The maximum absolute atomic E-state index is 13.0. The van der Waals surface area contributed by atoms with Crippen molar-refractivity contribution < 1.29 is 9.32 Å². The average molecular weight is 537 g/mol. The van der Waals surface area contributed by atoms with E-state index in [9.17, 15) is 4.79 Å². The number of carbonyl (C=O) groups is 1. The molecular weight excluding hydrogens is 504 g/mol. The average Bonchev–Trinajstić information content (AvgIpc) is 3.33. The van der Waals surface area contributed by atoms with Gasteiger partial charge in [-0.05, 0) is 75.6 Å². The molecule has 1 fully saturated rings. The largest absolute Gasteiger partial charge is 0.341 e. The van der Waals surface area contributed by atoms with Crippen LogP contribution in [0.15, 0.2) is 41.2 Å². The molecule has 5 aromatic rings. The van der Waals surface area contributed by atoms with Crippen LogP contribution in [-0.2, 0) is 11.8 Å². The van der Waals surface area contributed by atoms with E-state index in [0.717, 1.165) is 71.4 Å². The molecule has 0 spiro atoms. The molecule has 0 unspecified atom stereocenters.